The predicted octanol–water partition coefficient (Wildman–Crippen LogP) is 1.53. The number of hydrogen-bond donors (Lipinski definition) is 1. The molecule has 0 spiro atoms. The Labute approximate surface area is 73.2 Å². The molecule has 0 atom stereocenters. The summed E-state index contributed by atoms with van der Waals surface area (Å²) in [7, 11) is -2.41. The van der Waals surface area contributed by atoms with Gasteiger partial charge in [0.1, 0.15) is 0 Å². The molecular formula is C9H10O2S. The van der Waals surface area contributed by atoms with E-state index in [9.17, 15) is 8.42 Å². The number of hydrogen-bond acceptors (Lipinski definition) is 2. The number of thiol groups is 1. The Hall–Kier alpha value is -0.830. The second-order valence-electron chi connectivity index (χ2n) is 3.09. The molecule has 2 rings (SSSR count). The lowest BCUT2D eigenvalue weighted by Crippen LogP contribution is -1.88. The molecule has 1 fully saturated rings. The van der Waals surface area contributed by atoms with E-state index in [-0.39, 0.29) is 0 Å². The quantitative estimate of drug-likeness (QED) is 0.704. The highest BCUT2D eigenvalue weighted by Crippen LogP contribution is 2.41. The maximum atomic E-state index is 10.8. The lowest BCUT2D eigenvalue weighted by molar-refractivity contribution is 0.613. The number of benzene rings is 1. The smallest absolute Gasteiger partial charge is 0.168 e. The minimum atomic E-state index is -2.41. The van der Waals surface area contributed by atoms with E-state index in [1.54, 1.807) is 12.1 Å². The van der Waals surface area contributed by atoms with Crippen molar-refractivity contribution in [2.75, 3.05) is 0 Å². The highest BCUT2D eigenvalue weighted by Gasteiger charge is 2.26. The zero-order valence-electron chi connectivity index (χ0n) is 6.56. The summed E-state index contributed by atoms with van der Waals surface area (Å²) in [6.45, 7) is 0. The molecule has 1 aromatic carbocycles. The minimum absolute atomic E-state index is 0.508. The first kappa shape index (κ1) is 7.80. The van der Waals surface area contributed by atoms with Crippen LogP contribution in [0.1, 0.15) is 24.3 Å². The summed E-state index contributed by atoms with van der Waals surface area (Å²) in [4.78, 5) is 0.509. The van der Waals surface area contributed by atoms with E-state index in [0.717, 1.165) is 18.4 Å². The van der Waals surface area contributed by atoms with Crippen molar-refractivity contribution in [2.45, 2.75) is 23.7 Å². The lowest BCUT2D eigenvalue weighted by Gasteiger charge is -1.99. The summed E-state index contributed by atoms with van der Waals surface area (Å²) in [6, 6.07) is 7.26. The maximum absolute atomic E-state index is 10.8. The first-order valence-electron chi connectivity index (χ1n) is 4.02. The van der Waals surface area contributed by atoms with Crippen molar-refractivity contribution in [2.24, 2.45) is 0 Å². The van der Waals surface area contributed by atoms with E-state index < -0.39 is 10.7 Å². The van der Waals surface area contributed by atoms with Crippen LogP contribution in [0.3, 0.4) is 0 Å². The fourth-order valence-corrected chi connectivity index (χ4v) is 2.07. The maximum Gasteiger partial charge on any atom is 0.168 e. The van der Waals surface area contributed by atoms with Crippen LogP contribution in [0.5, 0.6) is 0 Å². The van der Waals surface area contributed by atoms with Gasteiger partial charge in [-0.3, -0.25) is 0 Å². The van der Waals surface area contributed by atoms with Crippen LogP contribution < -0.4 is 0 Å². The standard InChI is InChI=1S/C9H10O2S/c10-12(11)9-4-2-1-3-8(9)7-5-6-7/h1-4,7,12H,5-6H2. The monoisotopic (exact) mass is 182 g/mol. The van der Waals surface area contributed by atoms with Gasteiger partial charge in [0.2, 0.25) is 0 Å². The van der Waals surface area contributed by atoms with Gasteiger partial charge in [0.15, 0.2) is 10.7 Å². The van der Waals surface area contributed by atoms with Gasteiger partial charge in [0.05, 0.1) is 4.90 Å². The van der Waals surface area contributed by atoms with Gasteiger partial charge >= 0.3 is 0 Å². The summed E-state index contributed by atoms with van der Waals surface area (Å²) in [5.41, 5.74) is 1.01. The molecule has 0 amide bonds. The molecule has 0 radical (unpaired) electrons. The van der Waals surface area contributed by atoms with Crippen LogP contribution in [-0.4, -0.2) is 8.42 Å². The molecule has 0 N–H and O–H groups in total. The minimum Gasteiger partial charge on any atom is -0.227 e. The summed E-state index contributed by atoms with van der Waals surface area (Å²) in [6.07, 6.45) is 2.28. The molecule has 0 heterocycles. The van der Waals surface area contributed by atoms with Crippen LogP contribution >= 0.6 is 0 Å². The summed E-state index contributed by atoms with van der Waals surface area (Å²) < 4.78 is 21.6. The Kier molecular flexibility index (Phi) is 1.89. The van der Waals surface area contributed by atoms with Gasteiger partial charge in [-0.15, -0.1) is 0 Å². The molecule has 3 heteroatoms. The highest BCUT2D eigenvalue weighted by atomic mass is 32.2. The average molecular weight is 182 g/mol. The Morgan fingerprint density at radius 1 is 1.17 bits per heavy atom. The summed E-state index contributed by atoms with van der Waals surface area (Å²) >= 11 is 0. The van der Waals surface area contributed by atoms with Crippen molar-refractivity contribution in [3.63, 3.8) is 0 Å². The molecule has 12 heavy (non-hydrogen) atoms. The van der Waals surface area contributed by atoms with E-state index in [4.69, 9.17) is 0 Å². The molecule has 0 unspecified atom stereocenters. The molecular weight excluding hydrogens is 172 g/mol. The first-order valence-corrected chi connectivity index (χ1v) is 5.20. The van der Waals surface area contributed by atoms with Crippen LogP contribution in [0, 0.1) is 0 Å². The van der Waals surface area contributed by atoms with Gasteiger partial charge < -0.3 is 0 Å². The van der Waals surface area contributed by atoms with Crippen LogP contribution in [0.25, 0.3) is 0 Å². The fourth-order valence-electron chi connectivity index (χ4n) is 1.39. The Morgan fingerprint density at radius 2 is 1.83 bits per heavy atom. The second kappa shape index (κ2) is 2.90. The Balaban J connectivity index is 2.50. The molecule has 0 bridgehead atoms. The molecule has 0 saturated heterocycles. The molecule has 1 aromatic rings. The molecule has 2 nitrogen and oxygen atoms in total. The van der Waals surface area contributed by atoms with E-state index in [0.29, 0.717) is 10.8 Å². The van der Waals surface area contributed by atoms with Crippen LogP contribution in [0.4, 0.5) is 0 Å². The third kappa shape index (κ3) is 1.37. The molecule has 1 saturated carbocycles. The summed E-state index contributed by atoms with van der Waals surface area (Å²) in [5.74, 6) is 0.508. The van der Waals surface area contributed by atoms with Crippen molar-refractivity contribution in [3.05, 3.63) is 29.8 Å². The van der Waals surface area contributed by atoms with Crippen LogP contribution in [-0.2, 0) is 10.7 Å². The SMILES string of the molecule is O=[SH](=O)c1ccccc1C1CC1. The van der Waals surface area contributed by atoms with Crippen LogP contribution in [0.2, 0.25) is 0 Å². The van der Waals surface area contributed by atoms with Gasteiger partial charge in [-0.25, -0.2) is 8.42 Å². The molecule has 0 aliphatic heterocycles. The van der Waals surface area contributed by atoms with Crippen LogP contribution in [0.15, 0.2) is 29.2 Å². The van der Waals surface area contributed by atoms with Gasteiger partial charge in [-0.2, -0.15) is 0 Å². The van der Waals surface area contributed by atoms with E-state index in [1.807, 2.05) is 12.1 Å². The van der Waals surface area contributed by atoms with E-state index in [1.165, 1.54) is 0 Å². The third-order valence-corrected chi connectivity index (χ3v) is 2.95. The molecule has 1 aliphatic carbocycles. The van der Waals surface area contributed by atoms with Crippen molar-refractivity contribution < 1.29 is 8.42 Å². The molecule has 0 aromatic heterocycles. The molecule has 64 valence electrons. The second-order valence-corrected chi connectivity index (χ2v) is 4.09. The van der Waals surface area contributed by atoms with Crippen molar-refractivity contribution in [1.82, 2.24) is 0 Å². The van der Waals surface area contributed by atoms with Gasteiger partial charge in [-0.1, -0.05) is 18.2 Å². The summed E-state index contributed by atoms with van der Waals surface area (Å²) in [5, 5.41) is 0. The van der Waals surface area contributed by atoms with Crippen molar-refractivity contribution in [1.29, 1.82) is 0 Å². The largest absolute Gasteiger partial charge is 0.227 e. The van der Waals surface area contributed by atoms with Gasteiger partial charge in [0.25, 0.3) is 0 Å². The van der Waals surface area contributed by atoms with Gasteiger partial charge in [-0.05, 0) is 30.4 Å². The predicted molar refractivity (Wildman–Crippen MR) is 47.0 cm³/mol. The fraction of sp³-hybridized carbons (Fsp3) is 0.333. The Morgan fingerprint density at radius 3 is 2.42 bits per heavy atom. The third-order valence-electron chi connectivity index (χ3n) is 2.15. The highest BCUT2D eigenvalue weighted by molar-refractivity contribution is 7.72. The normalized spacial score (nSPS) is 16.8. The average Bonchev–Trinajstić information content (AvgIpc) is 2.87. The Bertz CT molecular complexity index is 357. The topological polar surface area (TPSA) is 34.1 Å². The van der Waals surface area contributed by atoms with Crippen molar-refractivity contribution >= 4 is 10.7 Å². The zero-order valence-corrected chi connectivity index (χ0v) is 7.46. The number of rotatable bonds is 2. The molecule has 1 aliphatic rings. The zero-order chi connectivity index (χ0) is 8.55. The van der Waals surface area contributed by atoms with Gasteiger partial charge in [0, 0.05) is 0 Å². The van der Waals surface area contributed by atoms with E-state index >= 15 is 0 Å². The van der Waals surface area contributed by atoms with Crippen molar-refractivity contribution in [3.8, 4) is 0 Å². The van der Waals surface area contributed by atoms with E-state index in [2.05, 4.69) is 0 Å². The lowest BCUT2D eigenvalue weighted by atomic mass is 10.1. The first-order chi connectivity index (χ1) is 5.79.